The summed E-state index contributed by atoms with van der Waals surface area (Å²) in [6.45, 7) is 3.78. The number of fused-ring (bicyclic) bond motifs is 2. The van der Waals surface area contributed by atoms with Crippen LogP contribution < -0.4 is 16.4 Å². The largest absolute Gasteiger partial charge is 0.360 e. The van der Waals surface area contributed by atoms with Crippen molar-refractivity contribution in [2.75, 3.05) is 5.32 Å². The topological polar surface area (TPSA) is 118 Å². The molecule has 9 nitrogen and oxygen atoms in total. The number of nitrogens with zero attached hydrogens (tertiary/aromatic N) is 5. The van der Waals surface area contributed by atoms with Gasteiger partial charge in [-0.3, -0.25) is 14.2 Å². The van der Waals surface area contributed by atoms with Crippen LogP contribution in [0.4, 0.5) is 5.82 Å². The normalized spacial score (nSPS) is 12.2. The van der Waals surface area contributed by atoms with Crippen LogP contribution in [0, 0.1) is 6.92 Å². The van der Waals surface area contributed by atoms with E-state index in [9.17, 15) is 9.59 Å². The van der Waals surface area contributed by atoms with Crippen molar-refractivity contribution in [1.29, 1.82) is 0 Å². The minimum absolute atomic E-state index is 0.222. The zero-order valence-electron chi connectivity index (χ0n) is 17.7. The lowest BCUT2D eigenvalue weighted by Crippen LogP contribution is -2.28. The van der Waals surface area contributed by atoms with E-state index < -0.39 is 11.6 Å². The summed E-state index contributed by atoms with van der Waals surface area (Å²) in [5.41, 5.74) is 1.73. The van der Waals surface area contributed by atoms with Gasteiger partial charge in [-0.15, -0.1) is 0 Å². The molecule has 0 amide bonds. The minimum atomic E-state index is -0.515. The fourth-order valence-electron chi connectivity index (χ4n) is 3.81. The van der Waals surface area contributed by atoms with Gasteiger partial charge in [-0.2, -0.15) is 4.98 Å². The maximum absolute atomic E-state index is 13.6. The Kier molecular flexibility index (Phi) is 5.10. The van der Waals surface area contributed by atoms with Crippen molar-refractivity contribution in [2.24, 2.45) is 0 Å². The van der Waals surface area contributed by atoms with Gasteiger partial charge in [0, 0.05) is 0 Å². The van der Waals surface area contributed by atoms with E-state index in [0.717, 1.165) is 5.56 Å². The smallest absolute Gasteiger partial charge is 0.285 e. The monoisotopic (exact) mass is 459 g/mol. The van der Waals surface area contributed by atoms with E-state index in [-0.39, 0.29) is 16.8 Å². The summed E-state index contributed by atoms with van der Waals surface area (Å²) in [5.74, 6) is 0.727. The quantitative estimate of drug-likeness (QED) is 0.422. The highest BCUT2D eigenvalue weighted by atomic mass is 35.5. The van der Waals surface area contributed by atoms with Crippen molar-refractivity contribution in [1.82, 2.24) is 29.5 Å². The number of H-pyrrole nitrogens is 1. The first kappa shape index (κ1) is 20.8. The SMILES string of the molecule is Cc1cccc(-n2c([C@H](C)Nc3ncnc4[nH]cnc(=O)c34)nc3cccc(Cl)c3c2=O)c1. The minimum Gasteiger partial charge on any atom is -0.360 e. The molecule has 0 aliphatic carbocycles. The summed E-state index contributed by atoms with van der Waals surface area (Å²) in [5, 5.41) is 4.10. The average molecular weight is 460 g/mol. The number of anilines is 1. The molecule has 5 aromatic rings. The molecular formula is C23H18ClN7O2. The Bertz CT molecular complexity index is 1640. The number of aryl methyl sites for hydroxylation is 1. The predicted octanol–water partition coefficient (Wildman–Crippen LogP) is 3.55. The molecule has 0 saturated carbocycles. The average Bonchev–Trinajstić information content (AvgIpc) is 2.79. The van der Waals surface area contributed by atoms with E-state index in [1.807, 2.05) is 38.1 Å². The number of aromatic nitrogens is 6. The van der Waals surface area contributed by atoms with Crippen molar-refractivity contribution in [3.05, 3.63) is 92.2 Å². The Labute approximate surface area is 192 Å². The highest BCUT2D eigenvalue weighted by Crippen LogP contribution is 2.25. The molecule has 164 valence electrons. The van der Waals surface area contributed by atoms with Gasteiger partial charge in [0.25, 0.3) is 11.1 Å². The van der Waals surface area contributed by atoms with Gasteiger partial charge in [0.1, 0.15) is 29.0 Å². The van der Waals surface area contributed by atoms with Crippen LogP contribution in [0.3, 0.4) is 0 Å². The van der Waals surface area contributed by atoms with Crippen LogP contribution in [-0.2, 0) is 0 Å². The molecule has 3 aromatic heterocycles. The molecule has 0 radical (unpaired) electrons. The zero-order chi connectivity index (χ0) is 23.1. The summed E-state index contributed by atoms with van der Waals surface area (Å²) < 4.78 is 1.53. The lowest BCUT2D eigenvalue weighted by Gasteiger charge is -2.21. The summed E-state index contributed by atoms with van der Waals surface area (Å²) in [6.07, 6.45) is 2.63. The molecule has 2 aromatic carbocycles. The van der Waals surface area contributed by atoms with Crippen molar-refractivity contribution in [3.63, 3.8) is 0 Å². The summed E-state index contributed by atoms with van der Waals surface area (Å²) in [6, 6.07) is 12.2. The van der Waals surface area contributed by atoms with E-state index in [2.05, 4.69) is 25.3 Å². The van der Waals surface area contributed by atoms with E-state index in [0.29, 0.717) is 33.1 Å². The molecule has 0 bridgehead atoms. The van der Waals surface area contributed by atoms with Crippen molar-refractivity contribution < 1.29 is 0 Å². The number of nitrogens with one attached hydrogen (secondary N) is 2. The molecular weight excluding hydrogens is 442 g/mol. The van der Waals surface area contributed by atoms with Crippen LogP contribution in [0.5, 0.6) is 0 Å². The van der Waals surface area contributed by atoms with Crippen LogP contribution in [0.15, 0.2) is 64.7 Å². The second-order valence-corrected chi connectivity index (χ2v) is 8.01. The second-order valence-electron chi connectivity index (χ2n) is 7.60. The molecule has 33 heavy (non-hydrogen) atoms. The second kappa shape index (κ2) is 8.10. The first-order chi connectivity index (χ1) is 15.9. The predicted molar refractivity (Wildman–Crippen MR) is 127 cm³/mol. The fourth-order valence-corrected chi connectivity index (χ4v) is 4.06. The molecule has 2 N–H and O–H groups in total. The molecule has 3 heterocycles. The lowest BCUT2D eigenvalue weighted by molar-refractivity contribution is 0.731. The molecule has 0 aliphatic heterocycles. The van der Waals surface area contributed by atoms with E-state index >= 15 is 0 Å². The van der Waals surface area contributed by atoms with E-state index in [4.69, 9.17) is 16.6 Å². The highest BCUT2D eigenvalue weighted by molar-refractivity contribution is 6.35. The summed E-state index contributed by atoms with van der Waals surface area (Å²) in [7, 11) is 0. The number of rotatable bonds is 4. The van der Waals surface area contributed by atoms with Crippen LogP contribution in [0.25, 0.3) is 27.6 Å². The molecule has 0 spiro atoms. The molecule has 10 heteroatoms. The van der Waals surface area contributed by atoms with Crippen LogP contribution in [0.1, 0.15) is 24.4 Å². The number of hydrogen-bond acceptors (Lipinski definition) is 7. The van der Waals surface area contributed by atoms with Crippen molar-refractivity contribution in [2.45, 2.75) is 19.9 Å². The lowest BCUT2D eigenvalue weighted by atomic mass is 10.1. The first-order valence-electron chi connectivity index (χ1n) is 10.2. The van der Waals surface area contributed by atoms with Gasteiger partial charge < -0.3 is 10.3 Å². The Morgan fingerprint density at radius 3 is 2.70 bits per heavy atom. The van der Waals surface area contributed by atoms with Gasteiger partial charge in [-0.05, 0) is 43.7 Å². The van der Waals surface area contributed by atoms with Crippen LogP contribution in [0.2, 0.25) is 5.02 Å². The van der Waals surface area contributed by atoms with E-state index in [1.54, 1.807) is 18.2 Å². The third-order valence-electron chi connectivity index (χ3n) is 5.32. The Balaban J connectivity index is 1.73. The third kappa shape index (κ3) is 3.62. The Hall–Kier alpha value is -4.11. The molecule has 0 aliphatic rings. The molecule has 0 fully saturated rings. The number of hydrogen-bond donors (Lipinski definition) is 2. The first-order valence-corrected chi connectivity index (χ1v) is 10.5. The molecule has 0 saturated heterocycles. The highest BCUT2D eigenvalue weighted by Gasteiger charge is 2.21. The van der Waals surface area contributed by atoms with Crippen LogP contribution >= 0.6 is 11.6 Å². The van der Waals surface area contributed by atoms with Crippen molar-refractivity contribution in [3.8, 4) is 5.69 Å². The number of benzene rings is 2. The van der Waals surface area contributed by atoms with Crippen molar-refractivity contribution >= 4 is 39.4 Å². The summed E-state index contributed by atoms with van der Waals surface area (Å²) in [4.78, 5) is 45.7. The standard InChI is InChI=1S/C23H18ClN7O2/c1-12-5-3-6-14(9-12)31-21(30-16-8-4-7-15(24)17(16)23(31)33)13(2)29-20-18-19(25-10-27-20)26-11-28-22(18)32/h3-11,13H,1-2H3,(H2,25,26,27,28,29,32)/t13-/m0/s1. The van der Waals surface area contributed by atoms with Gasteiger partial charge >= 0.3 is 0 Å². The van der Waals surface area contributed by atoms with Gasteiger partial charge in [-0.1, -0.05) is 29.8 Å². The van der Waals surface area contributed by atoms with Gasteiger partial charge in [-0.25, -0.2) is 15.0 Å². The molecule has 0 unspecified atom stereocenters. The molecule has 1 atom stereocenters. The number of halogens is 1. The summed E-state index contributed by atoms with van der Waals surface area (Å²) >= 11 is 6.37. The Morgan fingerprint density at radius 1 is 1.06 bits per heavy atom. The van der Waals surface area contributed by atoms with Gasteiger partial charge in [0.05, 0.1) is 34.0 Å². The molecule has 5 rings (SSSR count). The third-order valence-corrected chi connectivity index (χ3v) is 5.63. The number of aromatic amines is 1. The Morgan fingerprint density at radius 2 is 1.88 bits per heavy atom. The fraction of sp³-hybridized carbons (Fsp3) is 0.130. The van der Waals surface area contributed by atoms with Crippen LogP contribution in [-0.4, -0.2) is 29.5 Å². The maximum Gasteiger partial charge on any atom is 0.285 e. The van der Waals surface area contributed by atoms with Gasteiger partial charge in [0.15, 0.2) is 0 Å². The zero-order valence-corrected chi connectivity index (χ0v) is 18.5. The maximum atomic E-state index is 13.6. The van der Waals surface area contributed by atoms with Gasteiger partial charge in [0.2, 0.25) is 0 Å². The van der Waals surface area contributed by atoms with E-state index in [1.165, 1.54) is 17.2 Å².